The van der Waals surface area contributed by atoms with Gasteiger partial charge in [-0.15, -0.1) is 11.3 Å². The van der Waals surface area contributed by atoms with Crippen LogP contribution in [-0.2, 0) is 16.4 Å². The molecule has 4 nitrogen and oxygen atoms in total. The van der Waals surface area contributed by atoms with E-state index in [1.807, 2.05) is 6.07 Å². The molecule has 0 bridgehead atoms. The van der Waals surface area contributed by atoms with Crippen LogP contribution in [0.5, 0.6) is 0 Å². The first-order valence-electron chi connectivity index (χ1n) is 5.33. The Kier molecular flexibility index (Phi) is 3.91. The number of aryl methyl sites for hydroxylation is 1. The molecule has 0 saturated carbocycles. The molecule has 0 aliphatic carbocycles. The van der Waals surface area contributed by atoms with E-state index in [1.165, 1.54) is 15.6 Å². The fourth-order valence-corrected chi connectivity index (χ4v) is 3.75. The van der Waals surface area contributed by atoms with E-state index in [9.17, 15) is 8.42 Å². The Labute approximate surface area is 115 Å². The van der Waals surface area contributed by atoms with Gasteiger partial charge in [0.25, 0.3) is 0 Å². The van der Waals surface area contributed by atoms with Gasteiger partial charge >= 0.3 is 0 Å². The van der Waals surface area contributed by atoms with E-state index < -0.39 is 10.0 Å². The fraction of sp³-hybridized carbons (Fsp3) is 0.364. The highest BCUT2D eigenvalue weighted by Gasteiger charge is 2.15. The summed E-state index contributed by atoms with van der Waals surface area (Å²) >= 11 is 7.55. The minimum Gasteiger partial charge on any atom is -0.255 e. The summed E-state index contributed by atoms with van der Waals surface area (Å²) in [6.45, 7) is 0. The van der Waals surface area contributed by atoms with Crippen LogP contribution in [0.15, 0.2) is 18.3 Å². The van der Waals surface area contributed by atoms with Gasteiger partial charge in [-0.3, -0.25) is 4.98 Å². The molecular weight excluding hydrogens is 292 g/mol. The monoisotopic (exact) mass is 304 g/mol. The van der Waals surface area contributed by atoms with E-state index in [0.717, 1.165) is 15.1 Å². The summed E-state index contributed by atoms with van der Waals surface area (Å²) in [5, 5.41) is 0.659. The largest absolute Gasteiger partial charge is 0.255 e. The molecule has 2 aromatic rings. The zero-order chi connectivity index (χ0) is 13.3. The number of pyridine rings is 1. The third-order valence-electron chi connectivity index (χ3n) is 2.58. The molecule has 2 aromatic heterocycles. The summed E-state index contributed by atoms with van der Waals surface area (Å²) in [4.78, 5) is 5.19. The van der Waals surface area contributed by atoms with Crippen LogP contribution in [0, 0.1) is 0 Å². The van der Waals surface area contributed by atoms with Crippen molar-refractivity contribution in [3.63, 3.8) is 0 Å². The van der Waals surface area contributed by atoms with Crippen molar-refractivity contribution in [3.05, 3.63) is 28.2 Å². The molecule has 2 rings (SSSR count). The van der Waals surface area contributed by atoms with E-state index in [2.05, 4.69) is 4.98 Å². The molecule has 0 unspecified atom stereocenters. The highest BCUT2D eigenvalue weighted by atomic mass is 35.5. The van der Waals surface area contributed by atoms with Crippen LogP contribution >= 0.6 is 22.9 Å². The third kappa shape index (κ3) is 2.83. The highest BCUT2D eigenvalue weighted by Crippen LogP contribution is 2.30. The van der Waals surface area contributed by atoms with Gasteiger partial charge in [-0.05, 0) is 18.6 Å². The molecule has 0 amide bonds. The van der Waals surface area contributed by atoms with E-state index in [0.29, 0.717) is 11.4 Å². The second kappa shape index (κ2) is 5.13. The number of rotatable bonds is 4. The van der Waals surface area contributed by atoms with Crippen LogP contribution in [0.1, 0.15) is 4.88 Å². The van der Waals surface area contributed by atoms with Crippen molar-refractivity contribution in [2.45, 2.75) is 6.42 Å². The maximum atomic E-state index is 11.7. The number of nitrogens with zero attached hydrogens (tertiary/aromatic N) is 2. The van der Waals surface area contributed by atoms with Crippen molar-refractivity contribution < 1.29 is 8.42 Å². The third-order valence-corrected chi connectivity index (χ3v) is 6.05. The predicted octanol–water partition coefficient (Wildman–Crippen LogP) is 2.38. The first-order valence-corrected chi connectivity index (χ1v) is 8.13. The highest BCUT2D eigenvalue weighted by molar-refractivity contribution is 7.89. The number of fused-ring (bicyclic) bond motifs is 1. The summed E-state index contributed by atoms with van der Waals surface area (Å²) in [6, 6.07) is 3.64. The zero-order valence-corrected chi connectivity index (χ0v) is 12.4. The van der Waals surface area contributed by atoms with Crippen molar-refractivity contribution in [2.24, 2.45) is 0 Å². The van der Waals surface area contributed by atoms with Crippen LogP contribution in [0.4, 0.5) is 0 Å². The number of halogens is 1. The number of hydrogen-bond donors (Lipinski definition) is 0. The molecular formula is C11H13ClN2O2S2. The second-order valence-electron chi connectivity index (χ2n) is 4.07. The minimum absolute atomic E-state index is 0.102. The van der Waals surface area contributed by atoms with Gasteiger partial charge in [0.05, 0.1) is 21.0 Å². The molecule has 0 N–H and O–H groups in total. The van der Waals surface area contributed by atoms with E-state index in [-0.39, 0.29) is 5.75 Å². The lowest BCUT2D eigenvalue weighted by Crippen LogP contribution is -2.25. The molecule has 0 saturated heterocycles. The van der Waals surface area contributed by atoms with Crippen molar-refractivity contribution in [1.29, 1.82) is 0 Å². The van der Waals surface area contributed by atoms with Crippen LogP contribution in [-0.4, -0.2) is 37.6 Å². The topological polar surface area (TPSA) is 50.3 Å². The van der Waals surface area contributed by atoms with Crippen LogP contribution in [0.2, 0.25) is 5.02 Å². The number of hydrogen-bond acceptors (Lipinski definition) is 4. The Morgan fingerprint density at radius 2 is 2.17 bits per heavy atom. The maximum Gasteiger partial charge on any atom is 0.213 e. The first kappa shape index (κ1) is 13.7. The SMILES string of the molecule is CN(C)S(=O)(=O)CCc1cc2nccc(Cl)c2s1. The van der Waals surface area contributed by atoms with Crippen LogP contribution in [0.25, 0.3) is 10.2 Å². The standard InChI is InChI=1S/C11H13ClN2O2S2/c1-14(2)18(15,16)6-4-8-7-10-11(17-8)9(12)3-5-13-10/h3,5,7H,4,6H2,1-2H3. The Bertz CT molecular complexity index is 665. The van der Waals surface area contributed by atoms with E-state index in [1.54, 1.807) is 26.4 Å². The van der Waals surface area contributed by atoms with Gasteiger partial charge in [-0.2, -0.15) is 0 Å². The Morgan fingerprint density at radius 3 is 2.78 bits per heavy atom. The lowest BCUT2D eigenvalue weighted by molar-refractivity contribution is 0.520. The number of sulfonamides is 1. The smallest absolute Gasteiger partial charge is 0.213 e. The molecule has 7 heteroatoms. The molecule has 98 valence electrons. The molecule has 2 heterocycles. The van der Waals surface area contributed by atoms with Crippen LogP contribution < -0.4 is 0 Å². The molecule has 0 atom stereocenters. The molecule has 0 radical (unpaired) electrons. The van der Waals surface area contributed by atoms with E-state index >= 15 is 0 Å². The summed E-state index contributed by atoms with van der Waals surface area (Å²) in [6.07, 6.45) is 2.13. The molecule has 0 aromatic carbocycles. The van der Waals surface area contributed by atoms with Crippen molar-refractivity contribution >= 4 is 43.2 Å². The molecule has 18 heavy (non-hydrogen) atoms. The van der Waals surface area contributed by atoms with Crippen LogP contribution in [0.3, 0.4) is 0 Å². The normalized spacial score (nSPS) is 12.4. The summed E-state index contributed by atoms with van der Waals surface area (Å²) in [5.41, 5.74) is 0.824. The van der Waals surface area contributed by atoms with Gasteiger partial charge in [0.1, 0.15) is 0 Å². The van der Waals surface area contributed by atoms with Gasteiger partial charge < -0.3 is 0 Å². The van der Waals surface area contributed by atoms with Gasteiger partial charge in [-0.1, -0.05) is 11.6 Å². The van der Waals surface area contributed by atoms with Gasteiger partial charge in [0.15, 0.2) is 0 Å². The second-order valence-corrected chi connectivity index (χ2v) is 7.91. The van der Waals surface area contributed by atoms with Crippen molar-refractivity contribution in [3.8, 4) is 0 Å². The van der Waals surface area contributed by atoms with Crippen molar-refractivity contribution in [2.75, 3.05) is 19.8 Å². The summed E-state index contributed by atoms with van der Waals surface area (Å²) < 4.78 is 25.5. The fourth-order valence-electron chi connectivity index (χ4n) is 1.49. The molecule has 0 aliphatic rings. The average Bonchev–Trinajstić information content (AvgIpc) is 2.71. The molecule has 0 aliphatic heterocycles. The Hall–Kier alpha value is -0.690. The summed E-state index contributed by atoms with van der Waals surface area (Å²) in [7, 11) is -0.0766. The quantitative estimate of drug-likeness (QED) is 0.871. The summed E-state index contributed by atoms with van der Waals surface area (Å²) in [5.74, 6) is 0.102. The Balaban J connectivity index is 2.21. The van der Waals surface area contributed by atoms with E-state index in [4.69, 9.17) is 11.6 Å². The number of thiophene rings is 1. The minimum atomic E-state index is -3.16. The van der Waals surface area contributed by atoms with Crippen molar-refractivity contribution in [1.82, 2.24) is 9.29 Å². The lowest BCUT2D eigenvalue weighted by Gasteiger charge is -2.09. The Morgan fingerprint density at radius 1 is 1.44 bits per heavy atom. The number of aromatic nitrogens is 1. The average molecular weight is 305 g/mol. The molecule has 0 fully saturated rings. The predicted molar refractivity (Wildman–Crippen MR) is 75.8 cm³/mol. The maximum absolute atomic E-state index is 11.7. The first-order chi connectivity index (χ1) is 8.40. The van der Waals surface area contributed by atoms with Gasteiger partial charge in [0, 0.05) is 25.2 Å². The molecule has 0 spiro atoms. The van der Waals surface area contributed by atoms with Gasteiger partial charge in [0.2, 0.25) is 10.0 Å². The zero-order valence-electron chi connectivity index (χ0n) is 10.1. The lowest BCUT2D eigenvalue weighted by atomic mass is 10.3. The van der Waals surface area contributed by atoms with Gasteiger partial charge in [-0.25, -0.2) is 12.7 Å².